The Hall–Kier alpha value is -0.0800. The minimum absolute atomic E-state index is 0.766. The summed E-state index contributed by atoms with van der Waals surface area (Å²) in [4.78, 5) is 2.53. The van der Waals surface area contributed by atoms with E-state index in [1.165, 1.54) is 51.6 Å². The molecule has 3 atom stereocenters. The van der Waals surface area contributed by atoms with Gasteiger partial charge < -0.3 is 10.2 Å². The number of nitrogens with one attached hydrogen (secondary N) is 1. The van der Waals surface area contributed by atoms with Crippen LogP contribution in [0.5, 0.6) is 0 Å². The Morgan fingerprint density at radius 2 is 1.89 bits per heavy atom. The minimum atomic E-state index is 0.766. The van der Waals surface area contributed by atoms with Gasteiger partial charge in [0.25, 0.3) is 0 Å². The summed E-state index contributed by atoms with van der Waals surface area (Å²) in [6.07, 6.45) is 8.34. The summed E-state index contributed by atoms with van der Waals surface area (Å²) in [5.41, 5.74) is 0. The van der Waals surface area contributed by atoms with Gasteiger partial charge in [0.05, 0.1) is 0 Å². The standard InChI is InChI=1S/C16H34N2/c1-5-8-14-9-10-16(17-7-3)15(12-14)13-18(4)11-6-2/h14-17H,5-13H2,1-4H3. The molecule has 1 aliphatic carbocycles. The van der Waals surface area contributed by atoms with Crippen LogP contribution in [0.4, 0.5) is 0 Å². The summed E-state index contributed by atoms with van der Waals surface area (Å²) in [5, 5.41) is 3.72. The molecule has 0 aliphatic heterocycles. The lowest BCUT2D eigenvalue weighted by Gasteiger charge is -2.38. The summed E-state index contributed by atoms with van der Waals surface area (Å²) >= 11 is 0. The largest absolute Gasteiger partial charge is 0.314 e. The van der Waals surface area contributed by atoms with E-state index in [1.807, 2.05) is 0 Å². The van der Waals surface area contributed by atoms with Crippen molar-refractivity contribution in [3.05, 3.63) is 0 Å². The summed E-state index contributed by atoms with van der Waals surface area (Å²) in [6, 6.07) is 0.766. The van der Waals surface area contributed by atoms with Crippen molar-refractivity contribution in [1.29, 1.82) is 0 Å². The quantitative estimate of drug-likeness (QED) is 0.713. The molecular formula is C16H34N2. The first kappa shape index (κ1) is 16.0. The van der Waals surface area contributed by atoms with E-state index < -0.39 is 0 Å². The summed E-state index contributed by atoms with van der Waals surface area (Å²) in [7, 11) is 2.29. The molecule has 3 unspecified atom stereocenters. The summed E-state index contributed by atoms with van der Waals surface area (Å²) in [5.74, 6) is 1.86. The maximum atomic E-state index is 3.72. The second kappa shape index (κ2) is 8.92. The molecule has 2 nitrogen and oxygen atoms in total. The molecule has 18 heavy (non-hydrogen) atoms. The van der Waals surface area contributed by atoms with Crippen molar-refractivity contribution in [2.45, 2.75) is 65.3 Å². The van der Waals surface area contributed by atoms with E-state index in [4.69, 9.17) is 0 Å². The molecule has 0 amide bonds. The molecule has 0 radical (unpaired) electrons. The van der Waals surface area contributed by atoms with Crippen molar-refractivity contribution in [2.24, 2.45) is 11.8 Å². The normalized spacial score (nSPS) is 28.8. The molecule has 0 bridgehead atoms. The molecule has 0 aromatic rings. The van der Waals surface area contributed by atoms with E-state index in [-0.39, 0.29) is 0 Å². The van der Waals surface area contributed by atoms with E-state index in [2.05, 4.69) is 38.0 Å². The Morgan fingerprint density at radius 3 is 2.50 bits per heavy atom. The van der Waals surface area contributed by atoms with Crippen molar-refractivity contribution in [1.82, 2.24) is 10.2 Å². The van der Waals surface area contributed by atoms with Crippen molar-refractivity contribution in [2.75, 3.05) is 26.7 Å². The van der Waals surface area contributed by atoms with Gasteiger partial charge in [-0.25, -0.2) is 0 Å². The molecule has 1 saturated carbocycles. The number of rotatable bonds is 8. The lowest BCUT2D eigenvalue weighted by molar-refractivity contribution is 0.150. The number of hydrogen-bond acceptors (Lipinski definition) is 2. The van der Waals surface area contributed by atoms with Crippen LogP contribution in [0.3, 0.4) is 0 Å². The second-order valence-corrected chi connectivity index (χ2v) is 6.15. The molecule has 1 rings (SSSR count). The zero-order valence-corrected chi connectivity index (χ0v) is 13.0. The molecule has 2 heteroatoms. The van der Waals surface area contributed by atoms with Crippen LogP contribution in [0.25, 0.3) is 0 Å². The molecule has 108 valence electrons. The number of nitrogens with zero attached hydrogens (tertiary/aromatic N) is 1. The van der Waals surface area contributed by atoms with E-state index in [0.29, 0.717) is 0 Å². The Bertz CT molecular complexity index is 203. The highest BCUT2D eigenvalue weighted by atomic mass is 15.1. The average Bonchev–Trinajstić information content (AvgIpc) is 2.33. The smallest absolute Gasteiger partial charge is 0.0108 e. The van der Waals surface area contributed by atoms with Gasteiger partial charge in [-0.3, -0.25) is 0 Å². The van der Waals surface area contributed by atoms with Gasteiger partial charge in [-0.15, -0.1) is 0 Å². The van der Waals surface area contributed by atoms with Crippen molar-refractivity contribution in [3.63, 3.8) is 0 Å². The first-order valence-electron chi connectivity index (χ1n) is 8.13. The number of hydrogen-bond donors (Lipinski definition) is 1. The maximum absolute atomic E-state index is 3.72. The van der Waals surface area contributed by atoms with Crippen LogP contribution in [-0.2, 0) is 0 Å². The van der Waals surface area contributed by atoms with Crippen LogP contribution in [0.1, 0.15) is 59.3 Å². The summed E-state index contributed by atoms with van der Waals surface area (Å²) in [6.45, 7) is 10.5. The SMILES string of the molecule is CCCC1CCC(NCC)C(CN(C)CCC)C1. The van der Waals surface area contributed by atoms with Gasteiger partial charge in [-0.1, -0.05) is 33.6 Å². The van der Waals surface area contributed by atoms with Crippen LogP contribution in [0.2, 0.25) is 0 Å². The Kier molecular flexibility index (Phi) is 7.92. The van der Waals surface area contributed by atoms with Gasteiger partial charge >= 0.3 is 0 Å². The van der Waals surface area contributed by atoms with E-state index in [9.17, 15) is 0 Å². The Morgan fingerprint density at radius 1 is 1.11 bits per heavy atom. The third-order valence-corrected chi connectivity index (χ3v) is 4.41. The van der Waals surface area contributed by atoms with Gasteiger partial charge in [0.15, 0.2) is 0 Å². The minimum Gasteiger partial charge on any atom is -0.314 e. The molecule has 0 aromatic carbocycles. The van der Waals surface area contributed by atoms with Crippen LogP contribution in [0, 0.1) is 11.8 Å². The molecule has 0 aromatic heterocycles. The van der Waals surface area contributed by atoms with Gasteiger partial charge in [0.1, 0.15) is 0 Å². The second-order valence-electron chi connectivity index (χ2n) is 6.15. The molecule has 1 N–H and O–H groups in total. The third kappa shape index (κ3) is 5.27. The molecular weight excluding hydrogens is 220 g/mol. The summed E-state index contributed by atoms with van der Waals surface area (Å²) < 4.78 is 0. The topological polar surface area (TPSA) is 15.3 Å². The Labute approximate surface area is 115 Å². The highest BCUT2D eigenvalue weighted by Gasteiger charge is 2.29. The average molecular weight is 254 g/mol. The van der Waals surface area contributed by atoms with E-state index >= 15 is 0 Å². The maximum Gasteiger partial charge on any atom is 0.0108 e. The fourth-order valence-corrected chi connectivity index (χ4v) is 3.64. The van der Waals surface area contributed by atoms with Crippen LogP contribution in [-0.4, -0.2) is 37.6 Å². The lowest BCUT2D eigenvalue weighted by Crippen LogP contribution is -2.45. The molecule has 0 spiro atoms. The fraction of sp³-hybridized carbons (Fsp3) is 1.00. The van der Waals surface area contributed by atoms with Crippen molar-refractivity contribution >= 4 is 0 Å². The highest BCUT2D eigenvalue weighted by molar-refractivity contribution is 4.86. The predicted molar refractivity (Wildman–Crippen MR) is 81.0 cm³/mol. The first-order chi connectivity index (χ1) is 8.71. The zero-order valence-electron chi connectivity index (χ0n) is 13.0. The van der Waals surface area contributed by atoms with Gasteiger partial charge in [-0.05, 0) is 57.7 Å². The van der Waals surface area contributed by atoms with Crippen LogP contribution in [0.15, 0.2) is 0 Å². The van der Waals surface area contributed by atoms with E-state index in [1.54, 1.807) is 0 Å². The van der Waals surface area contributed by atoms with Crippen molar-refractivity contribution in [3.8, 4) is 0 Å². The monoisotopic (exact) mass is 254 g/mol. The van der Waals surface area contributed by atoms with Crippen LogP contribution < -0.4 is 5.32 Å². The van der Waals surface area contributed by atoms with Gasteiger partial charge in [0.2, 0.25) is 0 Å². The third-order valence-electron chi connectivity index (χ3n) is 4.41. The fourth-order valence-electron chi connectivity index (χ4n) is 3.64. The van der Waals surface area contributed by atoms with Gasteiger partial charge in [0, 0.05) is 12.6 Å². The zero-order chi connectivity index (χ0) is 13.4. The van der Waals surface area contributed by atoms with Crippen LogP contribution >= 0.6 is 0 Å². The molecule has 1 aliphatic rings. The first-order valence-corrected chi connectivity index (χ1v) is 8.13. The lowest BCUT2D eigenvalue weighted by atomic mass is 9.76. The highest BCUT2D eigenvalue weighted by Crippen LogP contribution is 2.32. The van der Waals surface area contributed by atoms with E-state index in [0.717, 1.165) is 24.4 Å². The molecule has 0 saturated heterocycles. The Balaban J connectivity index is 2.48. The molecule has 0 heterocycles. The van der Waals surface area contributed by atoms with Gasteiger partial charge in [-0.2, -0.15) is 0 Å². The molecule has 1 fully saturated rings. The predicted octanol–water partition coefficient (Wildman–Crippen LogP) is 3.52. The van der Waals surface area contributed by atoms with Crippen molar-refractivity contribution < 1.29 is 0 Å².